The Morgan fingerprint density at radius 1 is 1.00 bits per heavy atom. The second-order valence-electron chi connectivity index (χ2n) is 13.6. The lowest BCUT2D eigenvalue weighted by Crippen LogP contribution is -2.59. The third-order valence-corrected chi connectivity index (χ3v) is 10.5. The predicted octanol–water partition coefficient (Wildman–Crippen LogP) is 7.11. The van der Waals surface area contributed by atoms with E-state index < -0.39 is 21.1 Å². The summed E-state index contributed by atoms with van der Waals surface area (Å²) >= 11 is 12.7. The van der Waals surface area contributed by atoms with Crippen LogP contribution in [-0.4, -0.2) is 67.1 Å². The van der Waals surface area contributed by atoms with Crippen LogP contribution in [0.15, 0.2) is 65.8 Å². The number of amidine groups is 1. The molecule has 2 aliphatic heterocycles. The maximum absolute atomic E-state index is 15.0. The third-order valence-electron chi connectivity index (χ3n) is 9.26. The van der Waals surface area contributed by atoms with Crippen LogP contribution in [-0.2, 0) is 26.5 Å². The predicted molar refractivity (Wildman–Crippen MR) is 188 cm³/mol. The number of carbonyl (C=O) groups excluding carboxylic acids is 1. The number of nitrogens with zero attached hydrogens (tertiary/aromatic N) is 4. The fourth-order valence-corrected chi connectivity index (χ4v) is 7.58. The number of amides is 2. The number of benzene rings is 2. The number of urea groups is 1. The zero-order chi connectivity index (χ0) is 34.4. The lowest BCUT2D eigenvalue weighted by molar-refractivity contribution is 0.100. The molecule has 0 saturated carbocycles. The van der Waals surface area contributed by atoms with Crippen LogP contribution in [0, 0.1) is 0 Å². The number of piperidine rings is 1. The molecular formula is C35H43Cl2N5O4S. The highest BCUT2D eigenvalue weighted by atomic mass is 35.5. The molecule has 252 valence electrons. The van der Waals surface area contributed by atoms with Crippen LogP contribution in [0.2, 0.25) is 10.0 Å². The van der Waals surface area contributed by atoms with Gasteiger partial charge in [0.1, 0.15) is 22.7 Å². The highest BCUT2D eigenvalue weighted by Crippen LogP contribution is 2.54. The fraction of sp³-hybridized carbons (Fsp3) is 0.457. The maximum atomic E-state index is 15.0. The number of aliphatic imine (C=N–C) groups is 1. The molecule has 0 radical (unpaired) electrons. The van der Waals surface area contributed by atoms with Gasteiger partial charge in [0, 0.05) is 52.5 Å². The Morgan fingerprint density at radius 3 is 2.06 bits per heavy atom. The second kappa shape index (κ2) is 13.0. The summed E-state index contributed by atoms with van der Waals surface area (Å²) in [6, 6.07) is 16.5. The first kappa shape index (κ1) is 35.1. The van der Waals surface area contributed by atoms with Crippen molar-refractivity contribution in [2.75, 3.05) is 26.0 Å². The molecule has 12 heteroatoms. The van der Waals surface area contributed by atoms with E-state index in [-0.39, 0.29) is 17.5 Å². The van der Waals surface area contributed by atoms with Crippen molar-refractivity contribution in [1.29, 1.82) is 0 Å². The van der Waals surface area contributed by atoms with Crippen molar-refractivity contribution in [2.24, 2.45) is 4.99 Å². The zero-order valence-electron chi connectivity index (χ0n) is 28.0. The Morgan fingerprint density at radius 2 is 1.55 bits per heavy atom. The Bertz CT molecular complexity index is 1770. The van der Waals surface area contributed by atoms with Gasteiger partial charge in [0.25, 0.3) is 0 Å². The lowest BCUT2D eigenvalue weighted by atomic mass is 9.71. The SMILES string of the molecule is CCOc1cc(C(C)(C)C)ncc1C1=N[C@](C)(c2ccc(Cl)cc2)[C@@](C)(c2ccc(Cl)cc2)N1C(=O)N1CCC(NS(C)(=O)=O)CC1. The lowest BCUT2D eigenvalue weighted by Gasteiger charge is -2.47. The van der Waals surface area contributed by atoms with Gasteiger partial charge in [0.2, 0.25) is 10.0 Å². The van der Waals surface area contributed by atoms with Gasteiger partial charge in [-0.1, -0.05) is 68.2 Å². The highest BCUT2D eigenvalue weighted by molar-refractivity contribution is 7.88. The molecule has 9 nitrogen and oxygen atoms in total. The van der Waals surface area contributed by atoms with E-state index in [0.717, 1.165) is 23.1 Å². The molecule has 2 atom stereocenters. The average molecular weight is 701 g/mol. The summed E-state index contributed by atoms with van der Waals surface area (Å²) in [6.07, 6.45) is 3.87. The quantitative estimate of drug-likeness (QED) is 0.283. The van der Waals surface area contributed by atoms with E-state index in [4.69, 9.17) is 37.9 Å². The van der Waals surface area contributed by atoms with Gasteiger partial charge in [-0.15, -0.1) is 0 Å². The molecule has 0 spiro atoms. The van der Waals surface area contributed by atoms with E-state index in [1.54, 1.807) is 16.0 Å². The molecule has 5 rings (SSSR count). The number of pyridine rings is 1. The number of sulfonamides is 1. The Kier molecular flexibility index (Phi) is 9.74. The number of rotatable bonds is 7. The molecule has 1 aromatic heterocycles. The molecule has 0 aliphatic carbocycles. The minimum Gasteiger partial charge on any atom is -0.493 e. The molecule has 2 aromatic carbocycles. The number of aromatic nitrogens is 1. The van der Waals surface area contributed by atoms with Crippen molar-refractivity contribution in [3.05, 3.63) is 93.2 Å². The van der Waals surface area contributed by atoms with Crippen molar-refractivity contribution in [3.8, 4) is 5.75 Å². The molecule has 2 aliphatic rings. The molecule has 1 fully saturated rings. The third kappa shape index (κ3) is 6.88. The summed E-state index contributed by atoms with van der Waals surface area (Å²) in [5, 5.41) is 1.16. The topological polar surface area (TPSA) is 104 Å². The van der Waals surface area contributed by atoms with E-state index in [1.807, 2.05) is 75.4 Å². The van der Waals surface area contributed by atoms with Crippen LogP contribution in [0.1, 0.15) is 76.8 Å². The largest absolute Gasteiger partial charge is 0.493 e. The van der Waals surface area contributed by atoms with Gasteiger partial charge in [0.15, 0.2) is 0 Å². The van der Waals surface area contributed by atoms with E-state index in [1.165, 1.54) is 0 Å². The van der Waals surface area contributed by atoms with Gasteiger partial charge in [-0.2, -0.15) is 0 Å². The van der Waals surface area contributed by atoms with Gasteiger partial charge >= 0.3 is 6.03 Å². The van der Waals surface area contributed by atoms with Crippen molar-refractivity contribution in [1.82, 2.24) is 19.5 Å². The van der Waals surface area contributed by atoms with Crippen LogP contribution in [0.5, 0.6) is 5.75 Å². The number of likely N-dealkylation sites (tertiary alicyclic amines) is 1. The number of halogens is 2. The Hall–Kier alpha value is -3.18. The number of carbonyl (C=O) groups is 1. The minimum atomic E-state index is -3.38. The molecule has 1 N–H and O–H groups in total. The summed E-state index contributed by atoms with van der Waals surface area (Å²) in [5.41, 5.74) is 0.835. The van der Waals surface area contributed by atoms with Crippen LogP contribution in [0.25, 0.3) is 0 Å². The average Bonchev–Trinajstić information content (AvgIpc) is 3.24. The first-order chi connectivity index (χ1) is 22.0. The molecule has 2 amide bonds. The number of hydrogen-bond donors (Lipinski definition) is 1. The second-order valence-corrected chi connectivity index (χ2v) is 16.3. The monoisotopic (exact) mass is 699 g/mol. The summed E-state index contributed by atoms with van der Waals surface area (Å²) in [6.45, 7) is 13.4. The van der Waals surface area contributed by atoms with Crippen molar-refractivity contribution >= 4 is 45.1 Å². The van der Waals surface area contributed by atoms with Crippen molar-refractivity contribution in [2.45, 2.75) is 76.9 Å². The molecule has 3 aromatic rings. The van der Waals surface area contributed by atoms with Crippen molar-refractivity contribution in [3.63, 3.8) is 0 Å². The first-order valence-corrected chi connectivity index (χ1v) is 18.4. The molecule has 1 saturated heterocycles. The van der Waals surface area contributed by atoms with Gasteiger partial charge in [-0.25, -0.2) is 17.9 Å². The molecule has 0 unspecified atom stereocenters. The normalized spacial score (nSPS) is 22.4. The summed E-state index contributed by atoms with van der Waals surface area (Å²) in [4.78, 5) is 28.9. The summed E-state index contributed by atoms with van der Waals surface area (Å²) in [5.74, 6) is 1.01. The number of nitrogens with one attached hydrogen (secondary N) is 1. The molecule has 3 heterocycles. The van der Waals surface area contributed by atoms with Crippen molar-refractivity contribution < 1.29 is 17.9 Å². The molecule has 0 bridgehead atoms. The van der Waals surface area contributed by atoms with Gasteiger partial charge < -0.3 is 9.64 Å². The summed E-state index contributed by atoms with van der Waals surface area (Å²) < 4.78 is 32.8. The van der Waals surface area contributed by atoms with E-state index in [2.05, 4.69) is 25.5 Å². The standard InChI is InChI=1S/C35H43Cl2N5O4S/c1-8-46-29-21-30(33(2,3)4)38-22-28(29)31-39-34(5,23-9-13-25(36)14-10-23)35(6,24-11-15-26(37)16-12-24)42(31)32(43)41-19-17-27(18-20-41)40-47(7,44)45/h9-16,21-22,27,40H,8,17-20H2,1-7H3/t34-,35-/m1/s1. The van der Waals surface area contributed by atoms with E-state index >= 15 is 4.79 Å². The number of hydrogen-bond acceptors (Lipinski definition) is 6. The van der Waals surface area contributed by atoms with Crippen LogP contribution >= 0.6 is 23.2 Å². The zero-order valence-corrected chi connectivity index (χ0v) is 30.3. The van der Waals surface area contributed by atoms with Crippen LogP contribution < -0.4 is 9.46 Å². The summed E-state index contributed by atoms with van der Waals surface area (Å²) in [7, 11) is -3.38. The highest BCUT2D eigenvalue weighted by Gasteiger charge is 2.60. The minimum absolute atomic E-state index is 0.239. The number of ether oxygens (including phenoxy) is 1. The van der Waals surface area contributed by atoms with Gasteiger partial charge in [-0.05, 0) is 69.0 Å². The van der Waals surface area contributed by atoms with Gasteiger partial charge in [-0.3, -0.25) is 14.9 Å². The first-order valence-electron chi connectivity index (χ1n) is 15.8. The van der Waals surface area contributed by atoms with Gasteiger partial charge in [0.05, 0.1) is 18.4 Å². The van der Waals surface area contributed by atoms with Crippen LogP contribution in [0.3, 0.4) is 0 Å². The van der Waals surface area contributed by atoms with E-state index in [0.29, 0.717) is 59.7 Å². The fourth-order valence-electron chi connectivity index (χ4n) is 6.49. The molecule has 47 heavy (non-hydrogen) atoms. The molecular weight excluding hydrogens is 657 g/mol. The van der Waals surface area contributed by atoms with Crippen LogP contribution in [0.4, 0.5) is 4.79 Å². The Labute approximate surface area is 288 Å². The Balaban J connectivity index is 1.72. The smallest absolute Gasteiger partial charge is 0.326 e. The maximum Gasteiger partial charge on any atom is 0.326 e. The van der Waals surface area contributed by atoms with E-state index in [9.17, 15) is 8.42 Å².